The van der Waals surface area contributed by atoms with Crippen LogP contribution in [0.5, 0.6) is 0 Å². The van der Waals surface area contributed by atoms with Crippen molar-refractivity contribution in [2.45, 2.75) is 25.2 Å². The first-order valence-electron chi connectivity index (χ1n) is 7.26. The second kappa shape index (κ2) is 5.03. The molecule has 1 aliphatic heterocycles. The molecule has 5 nitrogen and oxygen atoms in total. The lowest BCUT2D eigenvalue weighted by atomic mass is 9.96. The van der Waals surface area contributed by atoms with Crippen LogP contribution in [0.25, 0.3) is 10.9 Å². The summed E-state index contributed by atoms with van der Waals surface area (Å²) in [5.74, 6) is 0.952. The molecule has 114 valence electrons. The van der Waals surface area contributed by atoms with Gasteiger partial charge in [-0.1, -0.05) is 13.8 Å². The average molecular weight is 307 g/mol. The van der Waals surface area contributed by atoms with Gasteiger partial charge in [0.05, 0.1) is 0 Å². The summed E-state index contributed by atoms with van der Waals surface area (Å²) >= 11 is 0. The number of aromatic nitrogens is 1. The molecule has 0 amide bonds. The summed E-state index contributed by atoms with van der Waals surface area (Å²) in [6.07, 6.45) is 2.51. The number of benzene rings is 1. The fourth-order valence-corrected chi connectivity index (χ4v) is 4.66. The summed E-state index contributed by atoms with van der Waals surface area (Å²) in [6, 6.07) is 5.26. The Hall–Kier alpha value is -1.53. The quantitative estimate of drug-likeness (QED) is 0.855. The molecule has 1 atom stereocenters. The number of nitrogens with two attached hydrogens (primary N) is 1. The lowest BCUT2D eigenvalue weighted by molar-refractivity contribution is 0.389. The molecule has 0 radical (unpaired) electrons. The van der Waals surface area contributed by atoms with Crippen LogP contribution in [0.2, 0.25) is 0 Å². The first-order chi connectivity index (χ1) is 9.89. The molecule has 2 heterocycles. The van der Waals surface area contributed by atoms with Gasteiger partial charge < -0.3 is 10.7 Å². The number of H-pyrrole nitrogens is 1. The van der Waals surface area contributed by atoms with Crippen LogP contribution in [0.15, 0.2) is 29.3 Å². The lowest BCUT2D eigenvalue weighted by Gasteiger charge is -2.17. The molecule has 1 aliphatic rings. The molecule has 0 spiro atoms. The third-order valence-electron chi connectivity index (χ3n) is 4.42. The number of hydrogen-bond donors (Lipinski definition) is 2. The Kier molecular flexibility index (Phi) is 3.45. The summed E-state index contributed by atoms with van der Waals surface area (Å²) < 4.78 is 27.3. The van der Waals surface area contributed by atoms with E-state index in [1.54, 1.807) is 28.7 Å². The second-order valence-corrected chi connectivity index (χ2v) is 8.02. The number of anilines is 1. The average Bonchev–Trinajstić information content (AvgIpc) is 3.05. The molecule has 1 saturated heterocycles. The SMILES string of the molecule is CC(C)C1CCN(S(=O)(=O)c2c[nH]c3cc(N)ccc23)C1. The van der Waals surface area contributed by atoms with Crippen LogP contribution in [0, 0.1) is 11.8 Å². The van der Waals surface area contributed by atoms with E-state index >= 15 is 0 Å². The Labute approximate surface area is 125 Å². The number of sulfonamides is 1. The minimum atomic E-state index is -3.44. The normalized spacial score (nSPS) is 20.6. The van der Waals surface area contributed by atoms with E-state index in [-0.39, 0.29) is 0 Å². The molecule has 1 aromatic carbocycles. The van der Waals surface area contributed by atoms with E-state index in [2.05, 4.69) is 18.8 Å². The van der Waals surface area contributed by atoms with Crippen LogP contribution < -0.4 is 5.73 Å². The Morgan fingerprint density at radius 1 is 1.38 bits per heavy atom. The van der Waals surface area contributed by atoms with E-state index in [0.717, 1.165) is 11.9 Å². The molecule has 1 aromatic heterocycles. The van der Waals surface area contributed by atoms with E-state index < -0.39 is 10.0 Å². The number of nitrogen functional groups attached to an aromatic ring is 1. The van der Waals surface area contributed by atoms with E-state index in [1.165, 1.54) is 0 Å². The van der Waals surface area contributed by atoms with Crippen molar-refractivity contribution < 1.29 is 8.42 Å². The number of nitrogens with zero attached hydrogens (tertiary/aromatic N) is 1. The second-order valence-electron chi connectivity index (χ2n) is 6.11. The Morgan fingerprint density at radius 2 is 2.14 bits per heavy atom. The number of nitrogens with one attached hydrogen (secondary N) is 1. The number of aromatic amines is 1. The summed E-state index contributed by atoms with van der Waals surface area (Å²) in [4.78, 5) is 3.36. The van der Waals surface area contributed by atoms with E-state index in [9.17, 15) is 8.42 Å². The van der Waals surface area contributed by atoms with Gasteiger partial charge >= 0.3 is 0 Å². The Balaban J connectivity index is 1.98. The van der Waals surface area contributed by atoms with Crippen LogP contribution in [0.4, 0.5) is 5.69 Å². The van der Waals surface area contributed by atoms with Gasteiger partial charge in [0.15, 0.2) is 0 Å². The summed E-state index contributed by atoms with van der Waals surface area (Å²) in [5.41, 5.74) is 7.11. The van der Waals surface area contributed by atoms with E-state index in [4.69, 9.17) is 5.73 Å². The van der Waals surface area contributed by atoms with Crippen molar-refractivity contribution in [2.24, 2.45) is 11.8 Å². The van der Waals surface area contributed by atoms with Gasteiger partial charge in [-0.2, -0.15) is 4.31 Å². The van der Waals surface area contributed by atoms with Crippen molar-refractivity contribution in [1.82, 2.24) is 9.29 Å². The van der Waals surface area contributed by atoms with Crippen LogP contribution in [0.3, 0.4) is 0 Å². The van der Waals surface area contributed by atoms with Crippen molar-refractivity contribution >= 4 is 26.6 Å². The van der Waals surface area contributed by atoms with Gasteiger partial charge in [0, 0.05) is 35.9 Å². The zero-order valence-electron chi connectivity index (χ0n) is 12.3. The minimum absolute atomic E-state index is 0.349. The van der Waals surface area contributed by atoms with Gasteiger partial charge in [-0.3, -0.25) is 0 Å². The van der Waals surface area contributed by atoms with Gasteiger partial charge in [-0.25, -0.2) is 8.42 Å². The Morgan fingerprint density at radius 3 is 2.81 bits per heavy atom. The highest BCUT2D eigenvalue weighted by atomic mass is 32.2. The molecule has 0 aliphatic carbocycles. The topological polar surface area (TPSA) is 79.2 Å². The molecule has 3 rings (SSSR count). The fourth-order valence-electron chi connectivity index (χ4n) is 2.99. The van der Waals surface area contributed by atoms with Crippen molar-refractivity contribution in [1.29, 1.82) is 0 Å². The highest BCUT2D eigenvalue weighted by molar-refractivity contribution is 7.89. The molecule has 1 unspecified atom stereocenters. The van der Waals surface area contributed by atoms with Crippen LogP contribution in [0.1, 0.15) is 20.3 Å². The molecule has 0 saturated carbocycles. The smallest absolute Gasteiger partial charge is 0.245 e. The summed E-state index contributed by atoms with van der Waals surface area (Å²) in [6.45, 7) is 5.51. The predicted octanol–water partition coefficient (Wildman–Crippen LogP) is 2.42. The number of rotatable bonds is 3. The van der Waals surface area contributed by atoms with Gasteiger partial charge in [0.1, 0.15) is 4.90 Å². The molecule has 3 N–H and O–H groups in total. The summed E-state index contributed by atoms with van der Waals surface area (Å²) in [5, 5.41) is 0.706. The summed E-state index contributed by atoms with van der Waals surface area (Å²) in [7, 11) is -3.44. The molecule has 21 heavy (non-hydrogen) atoms. The standard InChI is InChI=1S/C15H21N3O2S/c1-10(2)11-5-6-18(9-11)21(19,20)15-8-17-14-7-12(16)3-4-13(14)15/h3-4,7-8,10-11,17H,5-6,9,16H2,1-2H3. The van der Waals surface area contributed by atoms with Crippen molar-refractivity contribution in [3.8, 4) is 0 Å². The highest BCUT2D eigenvalue weighted by Gasteiger charge is 2.34. The molecular formula is C15H21N3O2S. The molecule has 1 fully saturated rings. The first-order valence-corrected chi connectivity index (χ1v) is 8.70. The van der Waals surface area contributed by atoms with Crippen LogP contribution in [-0.2, 0) is 10.0 Å². The van der Waals surface area contributed by atoms with Gasteiger partial charge in [0.25, 0.3) is 0 Å². The maximum atomic E-state index is 12.8. The van der Waals surface area contributed by atoms with E-state index in [0.29, 0.717) is 40.9 Å². The zero-order chi connectivity index (χ0) is 15.2. The fraction of sp³-hybridized carbons (Fsp3) is 0.467. The lowest BCUT2D eigenvalue weighted by Crippen LogP contribution is -2.29. The van der Waals surface area contributed by atoms with Crippen molar-refractivity contribution in [3.63, 3.8) is 0 Å². The maximum Gasteiger partial charge on any atom is 0.245 e. The highest BCUT2D eigenvalue weighted by Crippen LogP contribution is 2.32. The van der Waals surface area contributed by atoms with E-state index in [1.807, 2.05) is 0 Å². The van der Waals surface area contributed by atoms with Crippen molar-refractivity contribution in [2.75, 3.05) is 18.8 Å². The molecule has 0 bridgehead atoms. The molecular weight excluding hydrogens is 286 g/mol. The minimum Gasteiger partial charge on any atom is -0.399 e. The third kappa shape index (κ3) is 2.42. The first kappa shape index (κ1) is 14.4. The van der Waals surface area contributed by atoms with Gasteiger partial charge in [0.2, 0.25) is 10.0 Å². The third-order valence-corrected chi connectivity index (χ3v) is 6.32. The number of fused-ring (bicyclic) bond motifs is 1. The predicted molar refractivity (Wildman–Crippen MR) is 84.4 cm³/mol. The van der Waals surface area contributed by atoms with Crippen LogP contribution in [-0.4, -0.2) is 30.8 Å². The van der Waals surface area contributed by atoms with Crippen LogP contribution >= 0.6 is 0 Å². The number of hydrogen-bond acceptors (Lipinski definition) is 3. The largest absolute Gasteiger partial charge is 0.399 e. The van der Waals surface area contributed by atoms with Gasteiger partial charge in [-0.05, 0) is 36.5 Å². The van der Waals surface area contributed by atoms with Gasteiger partial charge in [-0.15, -0.1) is 0 Å². The zero-order valence-corrected chi connectivity index (χ0v) is 13.2. The monoisotopic (exact) mass is 307 g/mol. The molecule has 2 aromatic rings. The van der Waals surface area contributed by atoms with Crippen molar-refractivity contribution in [3.05, 3.63) is 24.4 Å². The Bertz CT molecular complexity index is 764. The molecule has 6 heteroatoms. The maximum absolute atomic E-state index is 12.8.